The Morgan fingerprint density at radius 3 is 2.43 bits per heavy atom. The summed E-state index contributed by atoms with van der Waals surface area (Å²) < 4.78 is 1.23. The second kappa shape index (κ2) is 5.70. The lowest BCUT2D eigenvalue weighted by Crippen LogP contribution is -2.36. The zero-order chi connectivity index (χ0) is 15.0. The van der Waals surface area contributed by atoms with E-state index in [2.05, 4.69) is 4.98 Å². The SMILES string of the molecule is O=c1[nH]c(Cl)c(-c2ccc(Cl)cc2)c(=O)n1CCC1CC1. The fourth-order valence-corrected chi connectivity index (χ4v) is 2.73. The van der Waals surface area contributed by atoms with Crippen molar-refractivity contribution in [2.75, 3.05) is 0 Å². The molecule has 0 saturated heterocycles. The third-order valence-corrected chi connectivity index (χ3v) is 4.27. The summed E-state index contributed by atoms with van der Waals surface area (Å²) in [5.74, 6) is 0.644. The highest BCUT2D eigenvalue weighted by Gasteiger charge is 2.22. The molecular formula is C15H14Cl2N2O2. The Bertz CT molecular complexity index is 774. The van der Waals surface area contributed by atoms with E-state index in [-0.39, 0.29) is 10.7 Å². The van der Waals surface area contributed by atoms with Crippen molar-refractivity contribution in [3.05, 3.63) is 55.3 Å². The molecule has 4 nitrogen and oxygen atoms in total. The van der Waals surface area contributed by atoms with Gasteiger partial charge in [0.15, 0.2) is 0 Å². The number of benzene rings is 1. The molecule has 0 atom stereocenters. The van der Waals surface area contributed by atoms with Gasteiger partial charge in [-0.1, -0.05) is 48.2 Å². The molecule has 1 aliphatic rings. The molecule has 110 valence electrons. The summed E-state index contributed by atoms with van der Waals surface area (Å²) in [5.41, 5.74) is 0.143. The first-order chi connectivity index (χ1) is 10.1. The molecule has 0 bridgehead atoms. The van der Waals surface area contributed by atoms with Crippen molar-refractivity contribution in [1.82, 2.24) is 9.55 Å². The van der Waals surface area contributed by atoms with Crippen molar-refractivity contribution in [1.29, 1.82) is 0 Å². The maximum absolute atomic E-state index is 12.6. The average molecular weight is 325 g/mol. The van der Waals surface area contributed by atoms with Gasteiger partial charge in [0.05, 0.1) is 5.56 Å². The van der Waals surface area contributed by atoms with Crippen LogP contribution in [0.15, 0.2) is 33.9 Å². The van der Waals surface area contributed by atoms with Gasteiger partial charge in [0.1, 0.15) is 5.15 Å². The second-order valence-electron chi connectivity index (χ2n) is 5.31. The van der Waals surface area contributed by atoms with E-state index in [1.165, 1.54) is 17.4 Å². The van der Waals surface area contributed by atoms with E-state index < -0.39 is 5.69 Å². The van der Waals surface area contributed by atoms with Gasteiger partial charge in [0.2, 0.25) is 0 Å². The van der Waals surface area contributed by atoms with Crippen LogP contribution in [0.5, 0.6) is 0 Å². The number of nitrogens with zero attached hydrogens (tertiary/aromatic N) is 1. The normalized spacial score (nSPS) is 14.4. The van der Waals surface area contributed by atoms with E-state index in [0.717, 1.165) is 6.42 Å². The number of halogens is 2. The summed E-state index contributed by atoms with van der Waals surface area (Å²) in [6, 6.07) is 6.81. The summed E-state index contributed by atoms with van der Waals surface area (Å²) in [5, 5.41) is 0.642. The van der Waals surface area contributed by atoms with E-state index in [1.54, 1.807) is 24.3 Å². The topological polar surface area (TPSA) is 54.9 Å². The summed E-state index contributed by atoms with van der Waals surface area (Å²) in [6.45, 7) is 0.427. The first-order valence-corrected chi connectivity index (χ1v) is 7.60. The Balaban J connectivity index is 2.06. The molecule has 1 saturated carbocycles. The molecule has 1 N–H and O–H groups in total. The van der Waals surface area contributed by atoms with Gasteiger partial charge in [-0.15, -0.1) is 0 Å². The Labute approximate surface area is 131 Å². The van der Waals surface area contributed by atoms with Gasteiger partial charge in [-0.2, -0.15) is 0 Å². The standard InChI is InChI=1S/C15H14Cl2N2O2/c16-11-5-3-10(4-6-11)12-13(17)18-15(21)19(14(12)20)8-7-9-1-2-9/h3-6,9H,1-2,7-8H2,(H,18,21). The summed E-state index contributed by atoms with van der Waals surface area (Å²) in [7, 11) is 0. The molecule has 1 aromatic heterocycles. The van der Waals surface area contributed by atoms with Crippen molar-refractivity contribution in [3.63, 3.8) is 0 Å². The molecule has 2 aromatic rings. The van der Waals surface area contributed by atoms with Gasteiger partial charge < -0.3 is 0 Å². The van der Waals surface area contributed by atoms with Crippen molar-refractivity contribution in [2.45, 2.75) is 25.8 Å². The molecule has 0 spiro atoms. The molecular weight excluding hydrogens is 311 g/mol. The van der Waals surface area contributed by atoms with Crippen LogP contribution in [0.3, 0.4) is 0 Å². The molecule has 0 aliphatic heterocycles. The Hall–Kier alpha value is -1.52. The van der Waals surface area contributed by atoms with E-state index in [4.69, 9.17) is 23.2 Å². The predicted molar refractivity (Wildman–Crippen MR) is 84.1 cm³/mol. The molecule has 1 fully saturated rings. The smallest absolute Gasteiger partial charge is 0.297 e. The van der Waals surface area contributed by atoms with Gasteiger partial charge in [-0.25, -0.2) is 4.79 Å². The highest BCUT2D eigenvalue weighted by molar-refractivity contribution is 6.32. The quantitative estimate of drug-likeness (QED) is 0.877. The Morgan fingerprint density at radius 1 is 1.14 bits per heavy atom. The molecule has 0 radical (unpaired) electrons. The van der Waals surface area contributed by atoms with Gasteiger partial charge >= 0.3 is 5.69 Å². The molecule has 0 amide bonds. The van der Waals surface area contributed by atoms with Gasteiger partial charge in [0, 0.05) is 11.6 Å². The van der Waals surface area contributed by atoms with E-state index in [0.29, 0.717) is 28.6 Å². The van der Waals surface area contributed by atoms with Crippen LogP contribution in [0.4, 0.5) is 0 Å². The lowest BCUT2D eigenvalue weighted by atomic mass is 10.1. The Kier molecular flexibility index (Phi) is 3.91. The van der Waals surface area contributed by atoms with Crippen LogP contribution in [0, 0.1) is 5.92 Å². The van der Waals surface area contributed by atoms with Gasteiger partial charge in [0.25, 0.3) is 5.56 Å². The number of hydrogen-bond acceptors (Lipinski definition) is 2. The zero-order valence-corrected chi connectivity index (χ0v) is 12.7. The van der Waals surface area contributed by atoms with Crippen LogP contribution < -0.4 is 11.2 Å². The first-order valence-electron chi connectivity index (χ1n) is 6.85. The number of aromatic amines is 1. The monoisotopic (exact) mass is 324 g/mol. The third kappa shape index (κ3) is 3.06. The van der Waals surface area contributed by atoms with E-state index in [1.807, 2.05) is 0 Å². The molecule has 3 rings (SSSR count). The van der Waals surface area contributed by atoms with Gasteiger partial charge in [-0.05, 0) is 30.0 Å². The zero-order valence-electron chi connectivity index (χ0n) is 11.2. The lowest BCUT2D eigenvalue weighted by molar-refractivity contribution is 0.558. The van der Waals surface area contributed by atoms with Gasteiger partial charge in [-0.3, -0.25) is 14.3 Å². The summed E-state index contributed by atoms with van der Waals surface area (Å²) >= 11 is 11.9. The maximum atomic E-state index is 12.6. The van der Waals surface area contributed by atoms with Crippen molar-refractivity contribution < 1.29 is 0 Å². The van der Waals surface area contributed by atoms with Crippen LogP contribution >= 0.6 is 23.2 Å². The molecule has 1 aromatic carbocycles. The molecule has 1 aliphatic carbocycles. The van der Waals surface area contributed by atoms with E-state index >= 15 is 0 Å². The molecule has 1 heterocycles. The van der Waals surface area contributed by atoms with E-state index in [9.17, 15) is 9.59 Å². The molecule has 0 unspecified atom stereocenters. The second-order valence-corrected chi connectivity index (χ2v) is 6.13. The Morgan fingerprint density at radius 2 is 1.81 bits per heavy atom. The minimum absolute atomic E-state index is 0.0648. The van der Waals surface area contributed by atoms with Crippen LogP contribution in [-0.4, -0.2) is 9.55 Å². The fourth-order valence-electron chi connectivity index (χ4n) is 2.33. The lowest BCUT2D eigenvalue weighted by Gasteiger charge is -2.09. The average Bonchev–Trinajstić information content (AvgIpc) is 3.24. The molecule has 21 heavy (non-hydrogen) atoms. The fraction of sp³-hybridized carbons (Fsp3) is 0.333. The maximum Gasteiger partial charge on any atom is 0.329 e. The minimum Gasteiger partial charge on any atom is -0.297 e. The highest BCUT2D eigenvalue weighted by Crippen LogP contribution is 2.32. The van der Waals surface area contributed by atoms with Crippen molar-refractivity contribution in [2.24, 2.45) is 5.92 Å². The first kappa shape index (κ1) is 14.4. The van der Waals surface area contributed by atoms with Crippen molar-refractivity contribution in [3.8, 4) is 11.1 Å². The van der Waals surface area contributed by atoms with Crippen LogP contribution in [-0.2, 0) is 6.54 Å². The number of rotatable bonds is 4. The molecule has 6 heteroatoms. The highest BCUT2D eigenvalue weighted by atomic mass is 35.5. The van der Waals surface area contributed by atoms with Crippen LogP contribution in [0.2, 0.25) is 10.2 Å². The van der Waals surface area contributed by atoms with Crippen LogP contribution in [0.25, 0.3) is 11.1 Å². The largest absolute Gasteiger partial charge is 0.329 e. The number of nitrogens with one attached hydrogen (secondary N) is 1. The minimum atomic E-state index is -0.455. The third-order valence-electron chi connectivity index (χ3n) is 3.73. The van der Waals surface area contributed by atoms with Crippen LogP contribution in [0.1, 0.15) is 19.3 Å². The summed E-state index contributed by atoms with van der Waals surface area (Å²) in [4.78, 5) is 27.0. The van der Waals surface area contributed by atoms with Crippen molar-refractivity contribution >= 4 is 23.2 Å². The summed E-state index contributed by atoms with van der Waals surface area (Å²) in [6.07, 6.45) is 3.22. The predicted octanol–water partition coefficient (Wildman–Crippen LogP) is 3.31. The number of hydrogen-bond donors (Lipinski definition) is 1. The number of H-pyrrole nitrogens is 1. The number of aromatic nitrogens is 2.